The number of fused-ring (bicyclic) bond motifs is 1. The summed E-state index contributed by atoms with van der Waals surface area (Å²) in [6.07, 6.45) is 3.56. The Labute approximate surface area is 117 Å². The molecule has 0 amide bonds. The van der Waals surface area contributed by atoms with Crippen LogP contribution in [0.15, 0.2) is 54.9 Å². The minimum Gasteiger partial charge on any atom is -0.497 e. The fourth-order valence-electron chi connectivity index (χ4n) is 2.18. The van der Waals surface area contributed by atoms with Gasteiger partial charge in [-0.1, -0.05) is 6.07 Å². The third kappa shape index (κ3) is 2.23. The highest BCUT2D eigenvalue weighted by molar-refractivity contribution is 6.01. The second-order valence-corrected chi connectivity index (χ2v) is 4.48. The van der Waals surface area contributed by atoms with E-state index >= 15 is 0 Å². The molecule has 0 radical (unpaired) electrons. The van der Waals surface area contributed by atoms with Gasteiger partial charge in [-0.25, -0.2) is 0 Å². The molecule has 0 unspecified atom stereocenters. The van der Waals surface area contributed by atoms with E-state index in [1.54, 1.807) is 13.3 Å². The van der Waals surface area contributed by atoms with Gasteiger partial charge in [0, 0.05) is 46.3 Å². The van der Waals surface area contributed by atoms with Crippen LogP contribution in [0.25, 0.3) is 10.8 Å². The molecule has 0 aliphatic rings. The van der Waals surface area contributed by atoms with Crippen molar-refractivity contribution in [3.63, 3.8) is 0 Å². The maximum absolute atomic E-state index is 5.99. The Morgan fingerprint density at radius 3 is 2.85 bits per heavy atom. The van der Waals surface area contributed by atoms with Crippen molar-refractivity contribution >= 4 is 27.8 Å². The van der Waals surface area contributed by atoms with Crippen molar-refractivity contribution in [1.82, 2.24) is 4.98 Å². The number of nitrogens with zero attached hydrogens (tertiary/aromatic N) is 1. The molecule has 2 aromatic carbocycles. The second kappa shape index (κ2) is 5.09. The first kappa shape index (κ1) is 12.3. The zero-order valence-corrected chi connectivity index (χ0v) is 11.1. The number of rotatable bonds is 3. The van der Waals surface area contributed by atoms with Gasteiger partial charge in [-0.15, -0.1) is 0 Å². The Balaban J connectivity index is 2.04. The number of hydrogen-bond donors (Lipinski definition) is 2. The normalized spacial score (nSPS) is 10.4. The zero-order chi connectivity index (χ0) is 13.9. The largest absolute Gasteiger partial charge is 0.497 e. The van der Waals surface area contributed by atoms with Gasteiger partial charge >= 0.3 is 0 Å². The molecular formula is C16H15N3O. The lowest BCUT2D eigenvalue weighted by Gasteiger charge is -2.11. The van der Waals surface area contributed by atoms with E-state index in [9.17, 15) is 0 Å². The summed E-state index contributed by atoms with van der Waals surface area (Å²) in [6, 6.07) is 13.6. The van der Waals surface area contributed by atoms with Crippen LogP contribution >= 0.6 is 0 Å². The van der Waals surface area contributed by atoms with E-state index in [2.05, 4.69) is 10.3 Å². The van der Waals surface area contributed by atoms with Gasteiger partial charge in [-0.3, -0.25) is 4.98 Å². The standard InChI is InChI=1S/C16H15N3O/c1-20-12-4-2-3-11(9-12)19-16-6-5-15(17)13-7-8-18-10-14(13)16/h2-10,19H,17H2,1H3. The van der Waals surface area contributed by atoms with Crippen molar-refractivity contribution in [2.75, 3.05) is 18.2 Å². The van der Waals surface area contributed by atoms with E-state index in [1.807, 2.05) is 48.7 Å². The maximum Gasteiger partial charge on any atom is 0.120 e. The number of nitrogens with one attached hydrogen (secondary N) is 1. The molecule has 3 aromatic rings. The SMILES string of the molecule is COc1cccc(Nc2ccc(N)c3ccncc23)c1. The molecule has 0 saturated carbocycles. The highest BCUT2D eigenvalue weighted by atomic mass is 16.5. The smallest absolute Gasteiger partial charge is 0.120 e. The number of nitrogens with two attached hydrogens (primary N) is 1. The first-order valence-electron chi connectivity index (χ1n) is 6.31. The Morgan fingerprint density at radius 1 is 1.10 bits per heavy atom. The van der Waals surface area contributed by atoms with E-state index < -0.39 is 0 Å². The molecule has 0 aliphatic heterocycles. The summed E-state index contributed by atoms with van der Waals surface area (Å²) in [5.74, 6) is 0.813. The van der Waals surface area contributed by atoms with Crippen molar-refractivity contribution in [3.05, 3.63) is 54.9 Å². The van der Waals surface area contributed by atoms with Crippen LogP contribution in [0, 0.1) is 0 Å². The van der Waals surface area contributed by atoms with Gasteiger partial charge in [0.2, 0.25) is 0 Å². The zero-order valence-electron chi connectivity index (χ0n) is 11.1. The van der Waals surface area contributed by atoms with Gasteiger partial charge in [0.1, 0.15) is 5.75 Å². The molecule has 4 heteroatoms. The highest BCUT2D eigenvalue weighted by Crippen LogP contribution is 2.30. The van der Waals surface area contributed by atoms with Crippen molar-refractivity contribution < 1.29 is 4.74 Å². The lowest BCUT2D eigenvalue weighted by Crippen LogP contribution is -1.95. The quantitative estimate of drug-likeness (QED) is 0.711. The lowest BCUT2D eigenvalue weighted by molar-refractivity contribution is 0.415. The predicted molar refractivity (Wildman–Crippen MR) is 82.4 cm³/mol. The van der Waals surface area contributed by atoms with E-state index in [0.717, 1.165) is 33.6 Å². The molecule has 0 fully saturated rings. The monoisotopic (exact) mass is 265 g/mol. The predicted octanol–water partition coefficient (Wildman–Crippen LogP) is 3.57. The Morgan fingerprint density at radius 2 is 2.00 bits per heavy atom. The minimum atomic E-state index is 0.749. The molecule has 0 saturated heterocycles. The molecule has 20 heavy (non-hydrogen) atoms. The molecule has 0 aliphatic carbocycles. The van der Waals surface area contributed by atoms with Gasteiger partial charge in [0.05, 0.1) is 7.11 Å². The fourth-order valence-corrected chi connectivity index (χ4v) is 2.18. The molecular weight excluding hydrogens is 250 g/mol. The van der Waals surface area contributed by atoms with Gasteiger partial charge in [-0.05, 0) is 30.3 Å². The first-order chi connectivity index (χ1) is 9.78. The van der Waals surface area contributed by atoms with Crippen molar-refractivity contribution in [2.24, 2.45) is 0 Å². The summed E-state index contributed by atoms with van der Waals surface area (Å²) < 4.78 is 5.23. The number of nitrogen functional groups attached to an aromatic ring is 1. The van der Waals surface area contributed by atoms with E-state index in [1.165, 1.54) is 0 Å². The molecule has 3 N–H and O–H groups in total. The summed E-state index contributed by atoms with van der Waals surface area (Å²) in [5, 5.41) is 5.36. The van der Waals surface area contributed by atoms with Crippen LogP contribution in [0.5, 0.6) is 5.75 Å². The Kier molecular flexibility index (Phi) is 3.13. The van der Waals surface area contributed by atoms with E-state index in [4.69, 9.17) is 10.5 Å². The van der Waals surface area contributed by atoms with Gasteiger partial charge in [-0.2, -0.15) is 0 Å². The van der Waals surface area contributed by atoms with E-state index in [0.29, 0.717) is 0 Å². The first-order valence-corrected chi connectivity index (χ1v) is 6.31. The lowest BCUT2D eigenvalue weighted by atomic mass is 10.1. The van der Waals surface area contributed by atoms with Crippen LogP contribution in [0.1, 0.15) is 0 Å². The summed E-state index contributed by atoms with van der Waals surface area (Å²) in [7, 11) is 1.65. The number of benzene rings is 2. The number of pyridine rings is 1. The van der Waals surface area contributed by atoms with Crippen LogP contribution in [-0.4, -0.2) is 12.1 Å². The number of hydrogen-bond acceptors (Lipinski definition) is 4. The summed E-state index contributed by atoms with van der Waals surface area (Å²) in [4.78, 5) is 4.17. The number of ether oxygens (including phenoxy) is 1. The van der Waals surface area contributed by atoms with Crippen LogP contribution in [-0.2, 0) is 0 Å². The summed E-state index contributed by atoms with van der Waals surface area (Å²) >= 11 is 0. The minimum absolute atomic E-state index is 0.749. The van der Waals surface area contributed by atoms with Gasteiger partial charge < -0.3 is 15.8 Å². The molecule has 0 atom stereocenters. The molecule has 0 bridgehead atoms. The summed E-state index contributed by atoms with van der Waals surface area (Å²) in [6.45, 7) is 0. The number of anilines is 3. The van der Waals surface area contributed by atoms with E-state index in [-0.39, 0.29) is 0 Å². The molecule has 1 heterocycles. The fraction of sp³-hybridized carbons (Fsp3) is 0.0625. The van der Waals surface area contributed by atoms with Crippen LogP contribution < -0.4 is 15.8 Å². The molecule has 0 spiro atoms. The number of methoxy groups -OCH3 is 1. The molecule has 3 rings (SSSR count). The van der Waals surface area contributed by atoms with Crippen molar-refractivity contribution in [3.8, 4) is 5.75 Å². The van der Waals surface area contributed by atoms with Crippen LogP contribution in [0.3, 0.4) is 0 Å². The second-order valence-electron chi connectivity index (χ2n) is 4.48. The Bertz CT molecular complexity index is 756. The average molecular weight is 265 g/mol. The maximum atomic E-state index is 5.99. The third-order valence-electron chi connectivity index (χ3n) is 3.20. The highest BCUT2D eigenvalue weighted by Gasteiger charge is 2.05. The van der Waals surface area contributed by atoms with Crippen molar-refractivity contribution in [2.45, 2.75) is 0 Å². The average Bonchev–Trinajstić information content (AvgIpc) is 2.51. The molecule has 100 valence electrons. The third-order valence-corrected chi connectivity index (χ3v) is 3.20. The van der Waals surface area contributed by atoms with Crippen molar-refractivity contribution in [1.29, 1.82) is 0 Å². The molecule has 4 nitrogen and oxygen atoms in total. The van der Waals surface area contributed by atoms with Gasteiger partial charge in [0.15, 0.2) is 0 Å². The van der Waals surface area contributed by atoms with Crippen LogP contribution in [0.2, 0.25) is 0 Å². The van der Waals surface area contributed by atoms with Crippen LogP contribution in [0.4, 0.5) is 17.1 Å². The Hall–Kier alpha value is -2.75. The molecule has 1 aromatic heterocycles. The topological polar surface area (TPSA) is 60.2 Å². The van der Waals surface area contributed by atoms with Gasteiger partial charge in [0.25, 0.3) is 0 Å². The summed E-state index contributed by atoms with van der Waals surface area (Å²) in [5.41, 5.74) is 8.66. The number of aromatic nitrogens is 1.